The number of thiocarbonyl (C=S) groups is 1. The van der Waals surface area contributed by atoms with E-state index in [0.717, 1.165) is 28.5 Å². The van der Waals surface area contributed by atoms with Gasteiger partial charge in [-0.05, 0) is 79.3 Å². The fourth-order valence-electron chi connectivity index (χ4n) is 3.98. The standard InChI is InChI=1S/C24H20ClN5S/c1-16-7-12-21(27-15-16)29-14-4-6-20(29)23-22(19-5-2-3-13-26-19)28-24(31)30(23)18-10-8-17(25)9-11-18/h2-15,22-23H,1H3,(H,28,31)/t22-,23-/m1/s1. The molecule has 2 atom stereocenters. The van der Waals surface area contributed by atoms with Gasteiger partial charge in [-0.2, -0.15) is 0 Å². The number of nitrogens with zero attached hydrogens (tertiary/aromatic N) is 4. The van der Waals surface area contributed by atoms with Crippen LogP contribution in [0.2, 0.25) is 5.02 Å². The van der Waals surface area contributed by atoms with Gasteiger partial charge in [0.1, 0.15) is 11.9 Å². The largest absolute Gasteiger partial charge is 0.351 e. The molecule has 0 radical (unpaired) electrons. The number of pyridine rings is 2. The van der Waals surface area contributed by atoms with E-state index < -0.39 is 0 Å². The molecule has 7 heteroatoms. The van der Waals surface area contributed by atoms with Gasteiger partial charge in [-0.3, -0.25) is 4.98 Å². The molecule has 5 nitrogen and oxygen atoms in total. The number of anilines is 1. The lowest BCUT2D eigenvalue weighted by Gasteiger charge is -2.28. The van der Waals surface area contributed by atoms with Crippen LogP contribution in [0.15, 0.2) is 85.3 Å². The number of hydrogen-bond donors (Lipinski definition) is 1. The lowest BCUT2D eigenvalue weighted by atomic mass is 10.0. The van der Waals surface area contributed by atoms with Crippen LogP contribution in [0.4, 0.5) is 5.69 Å². The van der Waals surface area contributed by atoms with Crippen molar-refractivity contribution in [3.05, 3.63) is 107 Å². The van der Waals surface area contributed by atoms with Crippen LogP contribution in [-0.4, -0.2) is 19.6 Å². The molecule has 1 aliphatic rings. The molecule has 1 N–H and O–H groups in total. The highest BCUT2D eigenvalue weighted by Gasteiger charge is 2.42. The molecule has 1 aromatic carbocycles. The van der Waals surface area contributed by atoms with Crippen LogP contribution >= 0.6 is 23.8 Å². The second-order valence-corrected chi connectivity index (χ2v) is 8.29. The number of nitrogens with one attached hydrogen (secondary N) is 1. The van der Waals surface area contributed by atoms with Gasteiger partial charge in [0.2, 0.25) is 0 Å². The zero-order valence-electron chi connectivity index (χ0n) is 16.8. The third-order valence-corrected chi connectivity index (χ3v) is 6.00. The summed E-state index contributed by atoms with van der Waals surface area (Å²) in [5.74, 6) is 0.860. The molecule has 0 spiro atoms. The summed E-state index contributed by atoms with van der Waals surface area (Å²) in [4.78, 5) is 11.4. The van der Waals surface area contributed by atoms with Crippen molar-refractivity contribution in [3.8, 4) is 5.82 Å². The van der Waals surface area contributed by atoms with Crippen molar-refractivity contribution in [2.24, 2.45) is 0 Å². The summed E-state index contributed by atoms with van der Waals surface area (Å²) in [6.45, 7) is 2.03. The maximum atomic E-state index is 6.14. The van der Waals surface area contributed by atoms with E-state index in [1.807, 2.05) is 80.1 Å². The van der Waals surface area contributed by atoms with E-state index in [2.05, 4.69) is 36.9 Å². The maximum Gasteiger partial charge on any atom is 0.174 e. The first kappa shape index (κ1) is 19.7. The van der Waals surface area contributed by atoms with Crippen molar-refractivity contribution in [1.29, 1.82) is 0 Å². The third kappa shape index (κ3) is 3.69. The van der Waals surface area contributed by atoms with E-state index in [1.165, 1.54) is 0 Å². The molecular formula is C24H20ClN5S. The minimum atomic E-state index is -0.123. The van der Waals surface area contributed by atoms with Crippen molar-refractivity contribution in [1.82, 2.24) is 19.9 Å². The number of halogens is 1. The Morgan fingerprint density at radius 3 is 2.52 bits per heavy atom. The molecule has 0 amide bonds. The Kier molecular flexibility index (Phi) is 5.18. The Morgan fingerprint density at radius 1 is 0.968 bits per heavy atom. The molecule has 1 aliphatic heterocycles. The van der Waals surface area contributed by atoms with Gasteiger partial charge in [-0.15, -0.1) is 0 Å². The van der Waals surface area contributed by atoms with Gasteiger partial charge in [0.15, 0.2) is 5.11 Å². The number of rotatable bonds is 4. The second kappa shape index (κ2) is 8.13. The highest BCUT2D eigenvalue weighted by atomic mass is 35.5. The summed E-state index contributed by atoms with van der Waals surface area (Å²) in [6.07, 6.45) is 5.72. The highest BCUT2D eigenvalue weighted by Crippen LogP contribution is 2.42. The molecule has 154 valence electrons. The Hall–Kier alpha value is -3.22. The van der Waals surface area contributed by atoms with E-state index in [-0.39, 0.29) is 12.1 Å². The van der Waals surface area contributed by atoms with Crippen molar-refractivity contribution in [3.63, 3.8) is 0 Å². The van der Waals surface area contributed by atoms with Crippen molar-refractivity contribution < 1.29 is 0 Å². The summed E-state index contributed by atoms with van der Waals surface area (Å²) in [6, 6.07) is 21.7. The molecule has 3 aromatic heterocycles. The molecule has 4 heterocycles. The minimum Gasteiger partial charge on any atom is -0.351 e. The Balaban J connectivity index is 1.66. The topological polar surface area (TPSA) is 46.0 Å². The number of hydrogen-bond acceptors (Lipinski definition) is 3. The van der Waals surface area contributed by atoms with Gasteiger partial charge in [-0.1, -0.05) is 23.7 Å². The predicted octanol–water partition coefficient (Wildman–Crippen LogP) is 5.41. The molecule has 0 aliphatic carbocycles. The average Bonchev–Trinajstić information content (AvgIpc) is 3.40. The Morgan fingerprint density at radius 2 is 1.81 bits per heavy atom. The molecular weight excluding hydrogens is 426 g/mol. The van der Waals surface area contributed by atoms with Gasteiger partial charge >= 0.3 is 0 Å². The van der Waals surface area contributed by atoms with E-state index in [0.29, 0.717) is 10.1 Å². The first-order valence-corrected chi connectivity index (χ1v) is 10.8. The van der Waals surface area contributed by atoms with Crippen LogP contribution in [0.25, 0.3) is 5.82 Å². The fraction of sp³-hybridized carbons (Fsp3) is 0.125. The summed E-state index contributed by atoms with van der Waals surface area (Å²) in [5.41, 5.74) is 4.08. The molecule has 1 fully saturated rings. The normalized spacial score (nSPS) is 18.3. The molecule has 1 saturated heterocycles. The first-order valence-electron chi connectivity index (χ1n) is 9.98. The molecule has 0 bridgehead atoms. The van der Waals surface area contributed by atoms with E-state index in [1.54, 1.807) is 0 Å². The average molecular weight is 446 g/mol. The minimum absolute atomic E-state index is 0.122. The van der Waals surface area contributed by atoms with Crippen molar-refractivity contribution in [2.75, 3.05) is 4.90 Å². The van der Waals surface area contributed by atoms with Crippen LogP contribution in [0.1, 0.15) is 29.0 Å². The summed E-state index contributed by atoms with van der Waals surface area (Å²) in [5, 5.41) is 4.82. The monoisotopic (exact) mass is 445 g/mol. The number of aryl methyl sites for hydroxylation is 1. The zero-order valence-corrected chi connectivity index (χ0v) is 18.4. The molecule has 31 heavy (non-hydrogen) atoms. The van der Waals surface area contributed by atoms with E-state index in [9.17, 15) is 0 Å². The predicted molar refractivity (Wildman–Crippen MR) is 128 cm³/mol. The Bertz CT molecular complexity index is 1200. The fourth-order valence-corrected chi connectivity index (χ4v) is 4.45. The van der Waals surface area contributed by atoms with Gasteiger partial charge in [0.05, 0.1) is 11.7 Å². The smallest absolute Gasteiger partial charge is 0.174 e. The van der Waals surface area contributed by atoms with Gasteiger partial charge < -0.3 is 14.8 Å². The summed E-state index contributed by atoms with van der Waals surface area (Å²) >= 11 is 11.9. The molecule has 4 aromatic rings. The first-order chi connectivity index (χ1) is 15.1. The Labute approximate surface area is 191 Å². The van der Waals surface area contributed by atoms with Crippen LogP contribution in [-0.2, 0) is 0 Å². The number of benzene rings is 1. The van der Waals surface area contributed by atoms with Gasteiger partial charge in [-0.25, -0.2) is 4.98 Å². The van der Waals surface area contributed by atoms with E-state index in [4.69, 9.17) is 23.8 Å². The van der Waals surface area contributed by atoms with E-state index >= 15 is 0 Å². The van der Waals surface area contributed by atoms with Gasteiger partial charge in [0, 0.05) is 35.0 Å². The van der Waals surface area contributed by atoms with Gasteiger partial charge in [0.25, 0.3) is 0 Å². The summed E-state index contributed by atoms with van der Waals surface area (Å²) in [7, 11) is 0. The van der Waals surface area contributed by atoms with Crippen LogP contribution in [0.3, 0.4) is 0 Å². The van der Waals surface area contributed by atoms with Crippen LogP contribution in [0.5, 0.6) is 0 Å². The van der Waals surface area contributed by atoms with Crippen molar-refractivity contribution in [2.45, 2.75) is 19.0 Å². The quantitative estimate of drug-likeness (QED) is 0.426. The lowest BCUT2D eigenvalue weighted by Crippen LogP contribution is -2.30. The van der Waals surface area contributed by atoms with Crippen molar-refractivity contribution >= 4 is 34.6 Å². The third-order valence-electron chi connectivity index (χ3n) is 5.43. The summed E-state index contributed by atoms with van der Waals surface area (Å²) < 4.78 is 2.11. The number of aromatic nitrogens is 3. The second-order valence-electron chi connectivity index (χ2n) is 7.47. The molecule has 0 saturated carbocycles. The van der Waals surface area contributed by atoms with Crippen LogP contribution in [0, 0.1) is 6.92 Å². The zero-order chi connectivity index (χ0) is 21.4. The highest BCUT2D eigenvalue weighted by molar-refractivity contribution is 7.80. The molecule has 5 rings (SSSR count). The maximum absolute atomic E-state index is 6.14. The SMILES string of the molecule is Cc1ccc(-n2cccc2[C@@H]2[C@@H](c3ccccn3)NC(=S)N2c2ccc(Cl)cc2)nc1. The van der Waals surface area contributed by atoms with Crippen LogP contribution < -0.4 is 10.2 Å². The lowest BCUT2D eigenvalue weighted by molar-refractivity contribution is 0.548. The molecule has 0 unspecified atom stereocenters.